The summed E-state index contributed by atoms with van der Waals surface area (Å²) in [7, 11) is 0. The second-order valence-corrected chi connectivity index (χ2v) is 8.50. The van der Waals surface area contributed by atoms with Crippen molar-refractivity contribution in [2.45, 2.75) is 25.7 Å². The summed E-state index contributed by atoms with van der Waals surface area (Å²) in [5, 5.41) is 8.23. The maximum absolute atomic E-state index is 12.3. The molecule has 1 amide bonds. The van der Waals surface area contributed by atoms with Gasteiger partial charge >= 0.3 is 0 Å². The monoisotopic (exact) mass is 427 g/mol. The molecule has 1 aromatic carbocycles. The minimum absolute atomic E-state index is 0.121. The van der Waals surface area contributed by atoms with E-state index in [0.29, 0.717) is 11.6 Å². The number of para-hydroxylation sites is 1. The van der Waals surface area contributed by atoms with Crippen molar-refractivity contribution < 1.29 is 4.79 Å². The second kappa shape index (κ2) is 10.2. The summed E-state index contributed by atoms with van der Waals surface area (Å²) in [6.07, 6.45) is 10.9. The van der Waals surface area contributed by atoms with Crippen LogP contribution in [0.4, 0.5) is 0 Å². The highest BCUT2D eigenvalue weighted by Gasteiger charge is 2.17. The molecule has 1 saturated heterocycles. The molecule has 0 atom stereocenters. The zero-order valence-electron chi connectivity index (χ0n) is 17.4. The largest absolute Gasteiger partial charge is 0.354 e. The molecular weight excluding hydrogens is 398 g/mol. The number of nitrogens with zero attached hydrogens (tertiary/aromatic N) is 4. The molecule has 0 radical (unpaired) electrons. The van der Waals surface area contributed by atoms with E-state index in [1.807, 2.05) is 41.3 Å². The fourth-order valence-electron chi connectivity index (χ4n) is 4.17. The van der Waals surface area contributed by atoms with Crippen LogP contribution in [0, 0.1) is 0 Å². The van der Waals surface area contributed by atoms with Gasteiger partial charge < -0.3 is 10.2 Å². The van der Waals surface area contributed by atoms with E-state index in [0.717, 1.165) is 43.9 Å². The third-order valence-corrected chi connectivity index (χ3v) is 6.23. The molecule has 3 heterocycles. The van der Waals surface area contributed by atoms with Crippen LogP contribution in [-0.4, -0.2) is 71.3 Å². The van der Waals surface area contributed by atoms with Crippen LogP contribution in [0.3, 0.4) is 0 Å². The van der Waals surface area contributed by atoms with Crippen LogP contribution in [-0.2, 0) is 4.79 Å². The number of amides is 1. The first-order valence-electron chi connectivity index (χ1n) is 10.9. The number of piperidine rings is 1. The SMILES string of the molecule is O=C(CN1CC=C(c2cnn(-c3ccccc3Cl)c2)CC1)NCCN1CCCCC1. The Morgan fingerprint density at radius 2 is 1.93 bits per heavy atom. The molecule has 0 unspecified atom stereocenters. The first-order chi connectivity index (χ1) is 14.7. The fraction of sp³-hybridized carbons (Fsp3) is 0.478. The molecule has 1 aromatic heterocycles. The van der Waals surface area contributed by atoms with Crippen molar-refractivity contribution in [1.82, 2.24) is 24.9 Å². The van der Waals surface area contributed by atoms with Gasteiger partial charge in [-0.3, -0.25) is 9.69 Å². The van der Waals surface area contributed by atoms with Crippen LogP contribution < -0.4 is 5.32 Å². The van der Waals surface area contributed by atoms with Crippen LogP contribution in [0.2, 0.25) is 5.02 Å². The minimum Gasteiger partial charge on any atom is -0.354 e. The normalized spacial score (nSPS) is 18.2. The van der Waals surface area contributed by atoms with E-state index < -0.39 is 0 Å². The lowest BCUT2D eigenvalue weighted by atomic mass is 10.0. The Hall–Kier alpha value is -2.15. The Morgan fingerprint density at radius 1 is 1.10 bits per heavy atom. The fourth-order valence-corrected chi connectivity index (χ4v) is 4.39. The maximum Gasteiger partial charge on any atom is 0.234 e. The Labute approximate surface area is 183 Å². The number of hydrogen-bond acceptors (Lipinski definition) is 4. The summed E-state index contributed by atoms with van der Waals surface area (Å²) in [4.78, 5) is 16.9. The van der Waals surface area contributed by atoms with Crippen LogP contribution >= 0.6 is 11.6 Å². The zero-order valence-corrected chi connectivity index (χ0v) is 18.2. The Kier molecular flexibility index (Phi) is 7.20. The van der Waals surface area contributed by atoms with E-state index in [2.05, 4.69) is 26.3 Å². The molecule has 6 nitrogen and oxygen atoms in total. The number of aromatic nitrogens is 2. The van der Waals surface area contributed by atoms with Gasteiger partial charge in [0, 0.05) is 37.9 Å². The summed E-state index contributed by atoms with van der Waals surface area (Å²) < 4.78 is 1.82. The van der Waals surface area contributed by atoms with Crippen molar-refractivity contribution >= 4 is 23.1 Å². The lowest BCUT2D eigenvalue weighted by molar-refractivity contribution is -0.122. The summed E-state index contributed by atoms with van der Waals surface area (Å²) in [6.45, 7) is 6.17. The van der Waals surface area contributed by atoms with Gasteiger partial charge in [-0.25, -0.2) is 4.68 Å². The third-order valence-electron chi connectivity index (χ3n) is 5.91. The molecule has 0 saturated carbocycles. The molecule has 2 aliphatic rings. The van der Waals surface area contributed by atoms with Gasteiger partial charge in [-0.1, -0.05) is 36.2 Å². The number of rotatable bonds is 7. The van der Waals surface area contributed by atoms with Gasteiger partial charge in [-0.2, -0.15) is 5.10 Å². The summed E-state index contributed by atoms with van der Waals surface area (Å²) in [6, 6.07) is 7.70. The van der Waals surface area contributed by atoms with E-state index in [1.165, 1.54) is 37.9 Å². The van der Waals surface area contributed by atoms with Gasteiger partial charge in [0.05, 0.1) is 23.5 Å². The Bertz CT molecular complexity index is 887. The zero-order chi connectivity index (χ0) is 20.8. The van der Waals surface area contributed by atoms with Crippen molar-refractivity contribution in [2.24, 2.45) is 0 Å². The quantitative estimate of drug-likeness (QED) is 0.737. The highest BCUT2D eigenvalue weighted by atomic mass is 35.5. The summed E-state index contributed by atoms with van der Waals surface area (Å²) >= 11 is 6.28. The molecule has 7 heteroatoms. The number of carbonyl (C=O) groups excluding carboxylic acids is 1. The first-order valence-corrected chi connectivity index (χ1v) is 11.3. The average Bonchev–Trinajstić information content (AvgIpc) is 3.25. The van der Waals surface area contributed by atoms with Gasteiger partial charge in [-0.05, 0) is 50.1 Å². The number of nitrogens with one attached hydrogen (secondary N) is 1. The summed E-state index contributed by atoms with van der Waals surface area (Å²) in [5.74, 6) is 0.121. The van der Waals surface area contributed by atoms with Gasteiger partial charge in [0.1, 0.15) is 0 Å². The Balaban J connectivity index is 1.24. The molecule has 1 N–H and O–H groups in total. The topological polar surface area (TPSA) is 53.4 Å². The van der Waals surface area contributed by atoms with Gasteiger partial charge in [0.2, 0.25) is 5.91 Å². The molecule has 0 aliphatic carbocycles. The average molecular weight is 428 g/mol. The van der Waals surface area contributed by atoms with Crippen molar-refractivity contribution in [3.05, 3.63) is 53.3 Å². The van der Waals surface area contributed by atoms with E-state index in [9.17, 15) is 4.79 Å². The molecule has 1 fully saturated rings. The molecule has 0 spiro atoms. The van der Waals surface area contributed by atoms with E-state index in [1.54, 1.807) is 0 Å². The van der Waals surface area contributed by atoms with E-state index in [4.69, 9.17) is 11.6 Å². The lowest BCUT2D eigenvalue weighted by Crippen LogP contribution is -2.42. The van der Waals surface area contributed by atoms with Crippen molar-refractivity contribution in [2.75, 3.05) is 45.8 Å². The molecule has 2 aromatic rings. The van der Waals surface area contributed by atoms with Gasteiger partial charge in [0.15, 0.2) is 0 Å². The van der Waals surface area contributed by atoms with Crippen LogP contribution in [0.1, 0.15) is 31.2 Å². The number of likely N-dealkylation sites (tertiary alicyclic amines) is 1. The number of carbonyl (C=O) groups is 1. The number of hydrogen-bond donors (Lipinski definition) is 1. The van der Waals surface area contributed by atoms with Crippen molar-refractivity contribution in [3.63, 3.8) is 0 Å². The van der Waals surface area contributed by atoms with Crippen molar-refractivity contribution in [3.8, 4) is 5.69 Å². The smallest absolute Gasteiger partial charge is 0.234 e. The van der Waals surface area contributed by atoms with Crippen LogP contribution in [0.25, 0.3) is 11.3 Å². The molecule has 4 rings (SSSR count). The summed E-state index contributed by atoms with van der Waals surface area (Å²) in [5.41, 5.74) is 3.26. The molecular formula is C23H30ClN5O. The molecule has 30 heavy (non-hydrogen) atoms. The lowest BCUT2D eigenvalue weighted by Gasteiger charge is -2.27. The second-order valence-electron chi connectivity index (χ2n) is 8.09. The Morgan fingerprint density at radius 3 is 2.70 bits per heavy atom. The highest BCUT2D eigenvalue weighted by Crippen LogP contribution is 2.25. The molecule has 0 bridgehead atoms. The highest BCUT2D eigenvalue weighted by molar-refractivity contribution is 6.32. The van der Waals surface area contributed by atoms with Crippen molar-refractivity contribution in [1.29, 1.82) is 0 Å². The molecule has 2 aliphatic heterocycles. The predicted octanol–water partition coefficient (Wildman–Crippen LogP) is 3.22. The number of benzene rings is 1. The first kappa shape index (κ1) is 21.1. The van der Waals surface area contributed by atoms with E-state index in [-0.39, 0.29) is 5.91 Å². The number of halogens is 1. The standard InChI is InChI=1S/C23H30ClN5O/c24-21-6-2-3-7-22(21)29-17-20(16-26-29)19-8-13-28(14-9-19)18-23(30)25-10-15-27-11-4-1-5-12-27/h2-3,6-8,16-17H,1,4-5,9-15,18H2,(H,25,30). The minimum atomic E-state index is 0.121. The van der Waals surface area contributed by atoms with Crippen LogP contribution in [0.15, 0.2) is 42.7 Å². The van der Waals surface area contributed by atoms with Crippen LogP contribution in [0.5, 0.6) is 0 Å². The van der Waals surface area contributed by atoms with Gasteiger partial charge in [0.25, 0.3) is 0 Å². The molecule has 160 valence electrons. The van der Waals surface area contributed by atoms with E-state index >= 15 is 0 Å². The third kappa shape index (κ3) is 5.50. The maximum atomic E-state index is 12.3. The predicted molar refractivity (Wildman–Crippen MR) is 121 cm³/mol. The van der Waals surface area contributed by atoms with Gasteiger partial charge in [-0.15, -0.1) is 0 Å².